The van der Waals surface area contributed by atoms with Crippen LogP contribution in [0.2, 0.25) is 0 Å². The van der Waals surface area contributed by atoms with Gasteiger partial charge in [-0.3, -0.25) is 9.69 Å². The predicted molar refractivity (Wildman–Crippen MR) is 66.1 cm³/mol. The van der Waals surface area contributed by atoms with Crippen molar-refractivity contribution in [3.63, 3.8) is 0 Å². The first-order valence-corrected chi connectivity index (χ1v) is 6.23. The van der Waals surface area contributed by atoms with Gasteiger partial charge in [0.05, 0.1) is 12.6 Å². The molecule has 0 heterocycles. The van der Waals surface area contributed by atoms with Gasteiger partial charge in [-0.25, -0.2) is 0 Å². The van der Waals surface area contributed by atoms with E-state index in [-0.39, 0.29) is 12.5 Å². The van der Waals surface area contributed by atoms with Crippen LogP contribution in [-0.2, 0) is 4.79 Å². The molecule has 0 radical (unpaired) electrons. The normalized spacial score (nSPS) is 24.4. The number of rotatable bonds is 5. The Labute approximate surface area is 103 Å². The minimum absolute atomic E-state index is 0.0810. The molecule has 17 heavy (non-hydrogen) atoms. The minimum Gasteiger partial charge on any atom is -0.342 e. The van der Waals surface area contributed by atoms with Gasteiger partial charge >= 0.3 is 0 Å². The van der Waals surface area contributed by atoms with E-state index in [0.717, 1.165) is 12.8 Å². The maximum absolute atomic E-state index is 11.5. The Kier molecular flexibility index (Phi) is 5.95. The van der Waals surface area contributed by atoms with Crippen molar-refractivity contribution in [1.82, 2.24) is 10.2 Å². The number of hydrogen-bond acceptors (Lipinski definition) is 4. The summed E-state index contributed by atoms with van der Waals surface area (Å²) in [6, 6.07) is 2.31. The molecule has 1 fully saturated rings. The van der Waals surface area contributed by atoms with Gasteiger partial charge in [-0.2, -0.15) is 5.26 Å². The molecule has 2 atom stereocenters. The van der Waals surface area contributed by atoms with E-state index < -0.39 is 0 Å². The van der Waals surface area contributed by atoms with E-state index in [4.69, 9.17) is 11.0 Å². The molecule has 3 N–H and O–H groups in total. The first-order chi connectivity index (χ1) is 8.19. The highest BCUT2D eigenvalue weighted by atomic mass is 16.2. The molecule has 1 amide bonds. The smallest absolute Gasteiger partial charge is 0.235 e. The Bertz CT molecular complexity index is 287. The number of nitrogens with two attached hydrogens (primary N) is 1. The van der Waals surface area contributed by atoms with Crippen LogP contribution in [0.15, 0.2) is 0 Å². The minimum atomic E-state index is -0.0876. The molecule has 1 rings (SSSR count). The summed E-state index contributed by atoms with van der Waals surface area (Å²) in [5.41, 5.74) is 5.77. The monoisotopic (exact) mass is 238 g/mol. The number of nitriles is 1. The number of carbonyl (C=O) groups is 1. The largest absolute Gasteiger partial charge is 0.342 e. The number of hydrogen-bond donors (Lipinski definition) is 2. The second-order valence-electron chi connectivity index (χ2n) is 4.70. The highest BCUT2D eigenvalue weighted by Gasteiger charge is 2.27. The molecule has 0 spiro atoms. The SMILES string of the molecule is CN(CC(=O)NCC#N)C1CCCCC1CN. The zero-order valence-electron chi connectivity index (χ0n) is 10.5. The zero-order valence-corrected chi connectivity index (χ0v) is 10.5. The van der Waals surface area contributed by atoms with Crippen LogP contribution in [0.1, 0.15) is 25.7 Å². The Morgan fingerprint density at radius 3 is 2.88 bits per heavy atom. The lowest BCUT2D eigenvalue weighted by Gasteiger charge is -2.37. The van der Waals surface area contributed by atoms with Gasteiger partial charge < -0.3 is 11.1 Å². The van der Waals surface area contributed by atoms with Crippen LogP contribution >= 0.6 is 0 Å². The molecule has 1 aliphatic rings. The molecule has 0 aromatic rings. The maximum Gasteiger partial charge on any atom is 0.235 e. The van der Waals surface area contributed by atoms with Crippen LogP contribution in [0.5, 0.6) is 0 Å². The van der Waals surface area contributed by atoms with Crippen molar-refractivity contribution in [2.24, 2.45) is 11.7 Å². The molecule has 0 bridgehead atoms. The third kappa shape index (κ3) is 4.33. The highest BCUT2D eigenvalue weighted by Crippen LogP contribution is 2.26. The standard InChI is InChI=1S/C12H22N4O/c1-16(9-12(17)15-7-6-13)11-5-3-2-4-10(11)8-14/h10-11H,2-5,7-9,14H2,1H3,(H,15,17). The van der Waals surface area contributed by atoms with Crippen LogP contribution < -0.4 is 11.1 Å². The number of likely N-dealkylation sites (N-methyl/N-ethyl adjacent to an activating group) is 1. The summed E-state index contributed by atoms with van der Waals surface area (Å²) < 4.78 is 0. The molecule has 5 heteroatoms. The summed E-state index contributed by atoms with van der Waals surface area (Å²) >= 11 is 0. The van der Waals surface area contributed by atoms with Crippen molar-refractivity contribution in [3.05, 3.63) is 0 Å². The summed E-state index contributed by atoms with van der Waals surface area (Å²) in [6.07, 6.45) is 4.73. The van der Waals surface area contributed by atoms with Crippen molar-refractivity contribution in [2.45, 2.75) is 31.7 Å². The first kappa shape index (κ1) is 13.9. The number of nitrogens with one attached hydrogen (secondary N) is 1. The van der Waals surface area contributed by atoms with Gasteiger partial charge in [0.1, 0.15) is 6.54 Å². The Morgan fingerprint density at radius 1 is 1.53 bits per heavy atom. The van der Waals surface area contributed by atoms with Crippen LogP contribution in [0, 0.1) is 17.2 Å². The zero-order chi connectivity index (χ0) is 12.7. The van der Waals surface area contributed by atoms with Gasteiger partial charge in [0.2, 0.25) is 5.91 Å². The fraction of sp³-hybridized carbons (Fsp3) is 0.833. The van der Waals surface area contributed by atoms with Gasteiger partial charge in [-0.05, 0) is 32.4 Å². The molecule has 1 aliphatic carbocycles. The van der Waals surface area contributed by atoms with Gasteiger partial charge in [-0.15, -0.1) is 0 Å². The lowest BCUT2D eigenvalue weighted by atomic mass is 9.84. The molecule has 2 unspecified atom stereocenters. The van der Waals surface area contributed by atoms with Crippen LogP contribution in [-0.4, -0.2) is 43.5 Å². The highest BCUT2D eigenvalue weighted by molar-refractivity contribution is 5.78. The number of nitrogens with zero attached hydrogens (tertiary/aromatic N) is 2. The molecular weight excluding hydrogens is 216 g/mol. The summed E-state index contributed by atoms with van der Waals surface area (Å²) in [6.45, 7) is 1.12. The van der Waals surface area contributed by atoms with Crippen molar-refractivity contribution in [1.29, 1.82) is 5.26 Å². The van der Waals surface area contributed by atoms with E-state index >= 15 is 0 Å². The van der Waals surface area contributed by atoms with E-state index in [9.17, 15) is 4.79 Å². The average molecular weight is 238 g/mol. The quantitative estimate of drug-likeness (QED) is 0.664. The molecule has 96 valence electrons. The van der Waals surface area contributed by atoms with E-state index in [1.807, 2.05) is 13.1 Å². The van der Waals surface area contributed by atoms with Gasteiger partial charge in [0.25, 0.3) is 0 Å². The summed E-state index contributed by atoms with van der Waals surface area (Å²) in [5, 5.41) is 10.9. The fourth-order valence-electron chi connectivity index (χ4n) is 2.58. The van der Waals surface area contributed by atoms with E-state index in [0.29, 0.717) is 25.0 Å². The van der Waals surface area contributed by atoms with Crippen molar-refractivity contribution in [3.8, 4) is 6.07 Å². The van der Waals surface area contributed by atoms with E-state index in [1.54, 1.807) is 0 Å². The lowest BCUT2D eigenvalue weighted by Crippen LogP contribution is -2.47. The third-order valence-corrected chi connectivity index (χ3v) is 3.50. The van der Waals surface area contributed by atoms with Crippen molar-refractivity contribution in [2.75, 3.05) is 26.7 Å². The summed E-state index contributed by atoms with van der Waals surface area (Å²) in [4.78, 5) is 13.6. The first-order valence-electron chi connectivity index (χ1n) is 6.23. The second-order valence-corrected chi connectivity index (χ2v) is 4.70. The fourth-order valence-corrected chi connectivity index (χ4v) is 2.58. The van der Waals surface area contributed by atoms with Crippen LogP contribution in [0.3, 0.4) is 0 Å². The predicted octanol–water partition coefficient (Wildman–Crippen LogP) is 0.0755. The number of carbonyl (C=O) groups excluding carboxylic acids is 1. The van der Waals surface area contributed by atoms with Crippen LogP contribution in [0.4, 0.5) is 0 Å². The molecule has 1 saturated carbocycles. The van der Waals surface area contributed by atoms with Crippen molar-refractivity contribution < 1.29 is 4.79 Å². The Balaban J connectivity index is 2.42. The lowest BCUT2D eigenvalue weighted by molar-refractivity contribution is -0.122. The molecule has 0 aromatic heterocycles. The van der Waals surface area contributed by atoms with Crippen molar-refractivity contribution >= 4 is 5.91 Å². The Hall–Kier alpha value is -1.12. The third-order valence-electron chi connectivity index (χ3n) is 3.50. The molecule has 5 nitrogen and oxygen atoms in total. The molecule has 0 aliphatic heterocycles. The Morgan fingerprint density at radius 2 is 2.24 bits per heavy atom. The van der Waals surface area contributed by atoms with Gasteiger partial charge in [0.15, 0.2) is 0 Å². The second kappa shape index (κ2) is 7.25. The summed E-state index contributed by atoms with van der Waals surface area (Å²) in [5.74, 6) is 0.410. The molecule has 0 aromatic carbocycles. The summed E-state index contributed by atoms with van der Waals surface area (Å²) in [7, 11) is 1.96. The van der Waals surface area contributed by atoms with Crippen LogP contribution in [0.25, 0.3) is 0 Å². The molecular formula is C12H22N4O. The maximum atomic E-state index is 11.5. The number of amides is 1. The molecule has 0 saturated heterocycles. The van der Waals surface area contributed by atoms with E-state index in [1.165, 1.54) is 12.8 Å². The topological polar surface area (TPSA) is 82.2 Å². The van der Waals surface area contributed by atoms with E-state index in [2.05, 4.69) is 10.2 Å². The average Bonchev–Trinajstić information content (AvgIpc) is 2.36. The van der Waals surface area contributed by atoms with Gasteiger partial charge in [0, 0.05) is 6.04 Å². The van der Waals surface area contributed by atoms with Gasteiger partial charge in [-0.1, -0.05) is 12.8 Å².